The number of carbonyl (C=O) groups is 2. The van der Waals surface area contributed by atoms with E-state index >= 15 is 0 Å². The molecule has 0 heterocycles. The van der Waals surface area contributed by atoms with E-state index in [2.05, 4.69) is 12.2 Å². The summed E-state index contributed by atoms with van der Waals surface area (Å²) in [6.45, 7) is 0. The number of hydrogen-bond acceptors (Lipinski definition) is 2. The summed E-state index contributed by atoms with van der Waals surface area (Å²) in [7, 11) is 0. The number of aliphatic carboxylic acids is 1. The number of carbonyl (C=O) groups excluding carboxylic acids is 1. The Kier molecular flexibility index (Phi) is 10.1. The highest BCUT2D eigenvalue weighted by molar-refractivity contribution is 5.66. The molecule has 1 N–H and O–H groups in total. The van der Waals surface area contributed by atoms with Crippen LogP contribution in [0.1, 0.15) is 51.4 Å². The van der Waals surface area contributed by atoms with Crippen LogP contribution in [0.3, 0.4) is 0 Å². The summed E-state index contributed by atoms with van der Waals surface area (Å²) in [6, 6.07) is 0. The van der Waals surface area contributed by atoms with Crippen LogP contribution < -0.4 is 0 Å². The van der Waals surface area contributed by atoms with E-state index < -0.39 is 5.97 Å². The van der Waals surface area contributed by atoms with E-state index in [0.29, 0.717) is 6.42 Å². The molecule has 0 unspecified atom stereocenters. The predicted molar refractivity (Wildman–Crippen MR) is 59.8 cm³/mol. The molecule has 86 valence electrons. The molecular formula is C12H20O3. The molecule has 0 saturated carbocycles. The lowest BCUT2D eigenvalue weighted by atomic mass is 10.1. The third-order valence-electron chi connectivity index (χ3n) is 2.12. The minimum atomic E-state index is -0.715. The van der Waals surface area contributed by atoms with Crippen molar-refractivity contribution in [3.05, 3.63) is 12.2 Å². The molecule has 0 aliphatic carbocycles. The summed E-state index contributed by atoms with van der Waals surface area (Å²) < 4.78 is 0. The summed E-state index contributed by atoms with van der Waals surface area (Å²) >= 11 is 0. The molecule has 0 saturated heterocycles. The summed E-state index contributed by atoms with van der Waals surface area (Å²) in [5.74, 6) is -0.715. The molecule has 0 amide bonds. The van der Waals surface area contributed by atoms with Crippen LogP contribution >= 0.6 is 0 Å². The molecule has 0 fully saturated rings. The van der Waals surface area contributed by atoms with Gasteiger partial charge >= 0.3 is 5.97 Å². The molecule has 0 bridgehead atoms. The fourth-order valence-electron chi connectivity index (χ4n) is 1.26. The number of allylic oxidation sites excluding steroid dienone is 2. The van der Waals surface area contributed by atoms with Gasteiger partial charge in [0, 0.05) is 12.8 Å². The molecule has 0 atom stereocenters. The fraction of sp³-hybridized carbons (Fsp3) is 0.667. The number of hydrogen-bond donors (Lipinski definition) is 1. The third kappa shape index (κ3) is 12.9. The molecule has 0 aromatic rings. The first kappa shape index (κ1) is 13.9. The molecule has 3 heteroatoms. The van der Waals surface area contributed by atoms with E-state index in [1.807, 2.05) is 0 Å². The summed E-state index contributed by atoms with van der Waals surface area (Å²) in [5.41, 5.74) is 0. The molecule has 0 radical (unpaired) electrons. The van der Waals surface area contributed by atoms with Gasteiger partial charge in [-0.2, -0.15) is 0 Å². The second-order valence-corrected chi connectivity index (χ2v) is 3.56. The second-order valence-electron chi connectivity index (χ2n) is 3.56. The standard InChI is InChI=1S/C12H20O3/c13-11-9-7-5-3-1-2-4-6-8-10-12(14)15/h1-2,11H,3-10H2,(H,14,15). The molecule has 0 aromatic heterocycles. The van der Waals surface area contributed by atoms with Gasteiger partial charge < -0.3 is 9.90 Å². The maximum atomic E-state index is 10.2. The number of rotatable bonds is 10. The van der Waals surface area contributed by atoms with Crippen molar-refractivity contribution in [2.75, 3.05) is 0 Å². The van der Waals surface area contributed by atoms with Crippen molar-refractivity contribution < 1.29 is 14.7 Å². The smallest absolute Gasteiger partial charge is 0.303 e. The van der Waals surface area contributed by atoms with Crippen LogP contribution in [0.2, 0.25) is 0 Å². The van der Waals surface area contributed by atoms with Gasteiger partial charge in [-0.15, -0.1) is 0 Å². The Bertz CT molecular complexity index is 197. The first-order valence-electron chi connectivity index (χ1n) is 5.58. The summed E-state index contributed by atoms with van der Waals surface area (Å²) in [4.78, 5) is 20.2. The number of unbranched alkanes of at least 4 members (excludes halogenated alkanes) is 5. The SMILES string of the molecule is O=CCCCCC=CCCCCC(=O)O. The van der Waals surface area contributed by atoms with Crippen LogP contribution in [-0.4, -0.2) is 17.4 Å². The minimum absolute atomic E-state index is 0.271. The highest BCUT2D eigenvalue weighted by Crippen LogP contribution is 2.03. The topological polar surface area (TPSA) is 54.4 Å². The van der Waals surface area contributed by atoms with E-state index in [4.69, 9.17) is 5.11 Å². The van der Waals surface area contributed by atoms with Crippen molar-refractivity contribution in [2.24, 2.45) is 0 Å². The van der Waals surface area contributed by atoms with E-state index in [1.54, 1.807) is 0 Å². The van der Waals surface area contributed by atoms with E-state index in [9.17, 15) is 9.59 Å². The van der Waals surface area contributed by atoms with Gasteiger partial charge in [-0.1, -0.05) is 12.2 Å². The van der Waals surface area contributed by atoms with Crippen molar-refractivity contribution in [3.8, 4) is 0 Å². The van der Waals surface area contributed by atoms with Crippen molar-refractivity contribution in [3.63, 3.8) is 0 Å². The molecule has 0 aliphatic heterocycles. The highest BCUT2D eigenvalue weighted by Gasteiger charge is 1.94. The van der Waals surface area contributed by atoms with Crippen LogP contribution in [-0.2, 0) is 9.59 Å². The fourth-order valence-corrected chi connectivity index (χ4v) is 1.26. The van der Waals surface area contributed by atoms with Gasteiger partial charge in [0.2, 0.25) is 0 Å². The van der Waals surface area contributed by atoms with Crippen molar-refractivity contribution >= 4 is 12.3 Å². The number of carboxylic acid groups (broad SMARTS) is 1. The van der Waals surface area contributed by atoms with Crippen molar-refractivity contribution in [1.29, 1.82) is 0 Å². The van der Waals surface area contributed by atoms with E-state index in [0.717, 1.165) is 44.8 Å². The molecule has 3 nitrogen and oxygen atoms in total. The Morgan fingerprint density at radius 2 is 1.47 bits per heavy atom. The maximum absolute atomic E-state index is 10.2. The molecule has 15 heavy (non-hydrogen) atoms. The molecule has 0 aromatic carbocycles. The normalized spacial score (nSPS) is 10.7. The Morgan fingerprint density at radius 3 is 2.00 bits per heavy atom. The van der Waals surface area contributed by atoms with Crippen molar-refractivity contribution in [2.45, 2.75) is 51.4 Å². The average molecular weight is 212 g/mol. The van der Waals surface area contributed by atoms with Gasteiger partial charge in [-0.3, -0.25) is 4.79 Å². The summed E-state index contributed by atoms with van der Waals surface area (Å²) in [5, 5.41) is 8.39. The molecule has 0 aliphatic rings. The second kappa shape index (κ2) is 11.0. The largest absolute Gasteiger partial charge is 0.481 e. The van der Waals surface area contributed by atoms with E-state index in [-0.39, 0.29) is 6.42 Å². The van der Waals surface area contributed by atoms with Crippen molar-refractivity contribution in [1.82, 2.24) is 0 Å². The van der Waals surface area contributed by atoms with Crippen LogP contribution in [0, 0.1) is 0 Å². The zero-order valence-corrected chi connectivity index (χ0v) is 9.15. The van der Waals surface area contributed by atoms with E-state index in [1.165, 1.54) is 0 Å². The summed E-state index contributed by atoms with van der Waals surface area (Å²) in [6.07, 6.45) is 11.8. The quantitative estimate of drug-likeness (QED) is 0.344. The van der Waals surface area contributed by atoms with Gasteiger partial charge in [0.1, 0.15) is 6.29 Å². The van der Waals surface area contributed by atoms with Crippen LogP contribution in [0.15, 0.2) is 12.2 Å². The van der Waals surface area contributed by atoms with Gasteiger partial charge in [0.05, 0.1) is 0 Å². The highest BCUT2D eigenvalue weighted by atomic mass is 16.4. The lowest BCUT2D eigenvalue weighted by Crippen LogP contribution is -1.92. The lowest BCUT2D eigenvalue weighted by molar-refractivity contribution is -0.137. The molecule has 0 rings (SSSR count). The number of aldehydes is 1. The monoisotopic (exact) mass is 212 g/mol. The Labute approximate surface area is 91.2 Å². The number of carboxylic acids is 1. The Hall–Kier alpha value is -1.12. The van der Waals surface area contributed by atoms with Crippen LogP contribution in [0.25, 0.3) is 0 Å². The predicted octanol–water partition coefficient (Wildman–Crippen LogP) is 2.95. The maximum Gasteiger partial charge on any atom is 0.303 e. The van der Waals surface area contributed by atoms with Gasteiger partial charge in [-0.25, -0.2) is 0 Å². The zero-order valence-electron chi connectivity index (χ0n) is 9.15. The third-order valence-corrected chi connectivity index (χ3v) is 2.12. The first-order valence-corrected chi connectivity index (χ1v) is 5.58. The Balaban J connectivity index is 3.10. The van der Waals surface area contributed by atoms with Gasteiger partial charge in [0.25, 0.3) is 0 Å². The van der Waals surface area contributed by atoms with Crippen LogP contribution in [0.4, 0.5) is 0 Å². The first-order chi connectivity index (χ1) is 7.27. The zero-order chi connectivity index (χ0) is 11.4. The van der Waals surface area contributed by atoms with Crippen LogP contribution in [0.5, 0.6) is 0 Å². The molecule has 0 spiro atoms. The lowest BCUT2D eigenvalue weighted by Gasteiger charge is -1.94. The molecular weight excluding hydrogens is 192 g/mol. The minimum Gasteiger partial charge on any atom is -0.481 e. The average Bonchev–Trinajstić information content (AvgIpc) is 2.20. The Morgan fingerprint density at radius 1 is 0.933 bits per heavy atom. The van der Waals surface area contributed by atoms with Gasteiger partial charge in [-0.05, 0) is 38.5 Å². The van der Waals surface area contributed by atoms with Gasteiger partial charge in [0.15, 0.2) is 0 Å².